The highest BCUT2D eigenvalue weighted by molar-refractivity contribution is 7.49. The Morgan fingerprint density at radius 2 is 1.07 bits per heavy atom. The van der Waals surface area contributed by atoms with E-state index in [0.717, 1.165) is 0 Å². The number of benzene rings is 2. The van der Waals surface area contributed by atoms with Gasteiger partial charge in [-0.15, -0.1) is 6.58 Å². The molecule has 0 amide bonds. The van der Waals surface area contributed by atoms with Crippen LogP contribution in [0, 0.1) is 5.41 Å². The molecule has 0 aliphatic carbocycles. The maximum Gasteiger partial charge on any atom is 0.530 e. The lowest BCUT2D eigenvalue weighted by atomic mass is 9.93. The number of allylic oxidation sites excluding steroid dienone is 1. The maximum absolute atomic E-state index is 12.6. The molecule has 2 aromatic carbocycles. The van der Waals surface area contributed by atoms with Crippen LogP contribution in [0.2, 0.25) is 0 Å². The number of phosphoric acid groups is 2. The van der Waals surface area contributed by atoms with Gasteiger partial charge in [0.05, 0.1) is 31.8 Å². The summed E-state index contributed by atoms with van der Waals surface area (Å²) >= 11 is 0. The highest BCUT2D eigenvalue weighted by Gasteiger charge is 2.51. The van der Waals surface area contributed by atoms with Gasteiger partial charge < -0.3 is 9.05 Å². The first kappa shape index (κ1) is 22.8. The molecule has 4 rings (SSSR count). The van der Waals surface area contributed by atoms with E-state index in [1.54, 1.807) is 54.6 Å². The number of hydrogen-bond donors (Lipinski definition) is 0. The van der Waals surface area contributed by atoms with Gasteiger partial charge in [0.2, 0.25) is 0 Å². The summed E-state index contributed by atoms with van der Waals surface area (Å²) in [4.78, 5) is 0. The van der Waals surface area contributed by atoms with Crippen molar-refractivity contribution in [1.82, 2.24) is 0 Å². The molecule has 0 radical (unpaired) electrons. The molecular weight excluding hydrogens is 430 g/mol. The Morgan fingerprint density at radius 3 is 1.37 bits per heavy atom. The van der Waals surface area contributed by atoms with Crippen molar-refractivity contribution in [2.24, 2.45) is 5.41 Å². The summed E-state index contributed by atoms with van der Waals surface area (Å²) in [7, 11) is -7.45. The molecule has 2 aliphatic rings. The zero-order valence-electron chi connectivity index (χ0n) is 16.5. The SMILES string of the molecule is C=CC.O=P1(Oc2ccccc2)OCC2(CO1)COP(=O)(Oc1ccccc1)OC2. The molecule has 10 heteroatoms. The van der Waals surface area contributed by atoms with E-state index in [1.165, 1.54) is 0 Å². The van der Waals surface area contributed by atoms with Crippen molar-refractivity contribution < 1.29 is 36.3 Å². The van der Waals surface area contributed by atoms with E-state index in [2.05, 4.69) is 6.58 Å². The minimum absolute atomic E-state index is 0.0163. The summed E-state index contributed by atoms with van der Waals surface area (Å²) in [5.74, 6) is 0.766. The van der Waals surface area contributed by atoms with Gasteiger partial charge in [0, 0.05) is 0 Å². The van der Waals surface area contributed by atoms with Crippen molar-refractivity contribution in [2.75, 3.05) is 26.4 Å². The topological polar surface area (TPSA) is 89.5 Å². The van der Waals surface area contributed by atoms with Crippen LogP contribution < -0.4 is 9.05 Å². The van der Waals surface area contributed by atoms with Gasteiger partial charge >= 0.3 is 15.6 Å². The van der Waals surface area contributed by atoms with Gasteiger partial charge in [-0.05, 0) is 31.2 Å². The minimum Gasteiger partial charge on any atom is -0.404 e. The molecule has 1 spiro atoms. The van der Waals surface area contributed by atoms with Gasteiger partial charge in [-0.25, -0.2) is 9.13 Å². The largest absolute Gasteiger partial charge is 0.530 e. The van der Waals surface area contributed by atoms with E-state index in [9.17, 15) is 9.13 Å². The molecule has 0 unspecified atom stereocenters. The lowest BCUT2D eigenvalue weighted by Gasteiger charge is -2.41. The zero-order valence-corrected chi connectivity index (χ0v) is 18.3. The van der Waals surface area contributed by atoms with E-state index >= 15 is 0 Å². The molecule has 162 valence electrons. The van der Waals surface area contributed by atoms with Gasteiger partial charge in [-0.3, -0.25) is 18.1 Å². The van der Waals surface area contributed by atoms with E-state index in [1.807, 2.05) is 19.1 Å². The first-order valence-corrected chi connectivity index (χ1v) is 12.2. The fourth-order valence-corrected chi connectivity index (χ4v) is 5.36. The summed E-state index contributed by atoms with van der Waals surface area (Å²) in [5.41, 5.74) is -0.734. The molecule has 2 aliphatic heterocycles. The van der Waals surface area contributed by atoms with Crippen LogP contribution in [-0.2, 0) is 27.2 Å². The van der Waals surface area contributed by atoms with Crippen molar-refractivity contribution in [3.63, 3.8) is 0 Å². The third kappa shape index (κ3) is 6.05. The van der Waals surface area contributed by atoms with E-state index < -0.39 is 21.1 Å². The molecule has 30 heavy (non-hydrogen) atoms. The van der Waals surface area contributed by atoms with Crippen molar-refractivity contribution in [2.45, 2.75) is 6.92 Å². The van der Waals surface area contributed by atoms with Crippen LogP contribution >= 0.6 is 15.6 Å². The van der Waals surface area contributed by atoms with E-state index in [-0.39, 0.29) is 26.4 Å². The predicted molar refractivity (Wildman–Crippen MR) is 111 cm³/mol. The van der Waals surface area contributed by atoms with E-state index in [0.29, 0.717) is 11.5 Å². The van der Waals surface area contributed by atoms with Crippen LogP contribution in [0.4, 0.5) is 0 Å². The lowest BCUT2D eigenvalue weighted by Crippen LogP contribution is -2.46. The number of hydrogen-bond acceptors (Lipinski definition) is 8. The Balaban J connectivity index is 0.000000806. The Labute approximate surface area is 175 Å². The first-order chi connectivity index (χ1) is 14.4. The molecule has 0 aromatic heterocycles. The van der Waals surface area contributed by atoms with Crippen molar-refractivity contribution in [1.29, 1.82) is 0 Å². The van der Waals surface area contributed by atoms with Crippen LogP contribution in [0.25, 0.3) is 0 Å². The number of rotatable bonds is 4. The molecular formula is C20H24O8P2. The van der Waals surface area contributed by atoms with Crippen LogP contribution in [0.3, 0.4) is 0 Å². The van der Waals surface area contributed by atoms with Crippen molar-refractivity contribution in [3.8, 4) is 11.5 Å². The molecule has 2 heterocycles. The van der Waals surface area contributed by atoms with Crippen LogP contribution in [0.5, 0.6) is 11.5 Å². The van der Waals surface area contributed by atoms with E-state index in [4.69, 9.17) is 27.1 Å². The summed E-state index contributed by atoms with van der Waals surface area (Å²) in [6.07, 6.45) is 1.75. The molecule has 8 nitrogen and oxygen atoms in total. The molecule has 0 N–H and O–H groups in total. The van der Waals surface area contributed by atoms with Gasteiger partial charge in [-0.2, -0.15) is 0 Å². The highest BCUT2D eigenvalue weighted by Crippen LogP contribution is 2.59. The Morgan fingerprint density at radius 1 is 0.767 bits per heavy atom. The standard InChI is InChI=1S/C17H18O8P2.C3H6/c18-26(24-15-7-3-1-4-8-15)20-11-17(12-21-26)13-22-27(19,23-14-17)25-16-9-5-2-6-10-16;1-3-2/h1-10H,11-14H2;3H,1H2,2H3. The molecule has 0 atom stereocenters. The number of phosphoric ester groups is 2. The Hall–Kier alpha value is -1.92. The first-order valence-electron chi connectivity index (χ1n) is 9.24. The summed E-state index contributed by atoms with van der Waals surface area (Å²) < 4.78 is 57.3. The third-order valence-corrected chi connectivity index (χ3v) is 6.69. The quantitative estimate of drug-likeness (QED) is 0.434. The monoisotopic (exact) mass is 454 g/mol. The molecule has 2 aromatic rings. The molecule has 0 bridgehead atoms. The van der Waals surface area contributed by atoms with Crippen LogP contribution in [-0.4, -0.2) is 26.4 Å². The maximum atomic E-state index is 12.6. The third-order valence-electron chi connectivity index (χ3n) is 4.04. The summed E-state index contributed by atoms with van der Waals surface area (Å²) in [5, 5.41) is 0. The number of para-hydroxylation sites is 2. The second kappa shape index (κ2) is 9.92. The molecule has 2 fully saturated rings. The smallest absolute Gasteiger partial charge is 0.404 e. The van der Waals surface area contributed by atoms with Crippen LogP contribution in [0.15, 0.2) is 73.3 Å². The summed E-state index contributed by atoms with van der Waals surface area (Å²) in [6, 6.07) is 17.2. The minimum atomic E-state index is -3.73. The summed E-state index contributed by atoms with van der Waals surface area (Å²) in [6.45, 7) is 5.32. The molecule has 2 saturated heterocycles. The zero-order chi connectivity index (χ0) is 21.5. The second-order valence-electron chi connectivity index (χ2n) is 6.71. The van der Waals surface area contributed by atoms with Gasteiger partial charge in [-0.1, -0.05) is 42.5 Å². The lowest BCUT2D eigenvalue weighted by molar-refractivity contribution is -0.0853. The van der Waals surface area contributed by atoms with Crippen LogP contribution in [0.1, 0.15) is 6.92 Å². The Kier molecular flexibility index (Phi) is 7.53. The Bertz CT molecular complexity index is 818. The fourth-order valence-electron chi connectivity index (χ4n) is 2.51. The van der Waals surface area contributed by atoms with Gasteiger partial charge in [0.1, 0.15) is 11.5 Å². The normalized spacial score (nSPS) is 30.6. The van der Waals surface area contributed by atoms with Gasteiger partial charge in [0.25, 0.3) is 0 Å². The fraction of sp³-hybridized carbons (Fsp3) is 0.300. The van der Waals surface area contributed by atoms with Gasteiger partial charge in [0.15, 0.2) is 0 Å². The van der Waals surface area contributed by atoms with Crippen molar-refractivity contribution in [3.05, 3.63) is 73.3 Å². The predicted octanol–water partition coefficient (Wildman–Crippen LogP) is 5.63. The second-order valence-corrected chi connectivity index (χ2v) is 9.89. The average Bonchev–Trinajstić information content (AvgIpc) is 2.75. The van der Waals surface area contributed by atoms with Crippen molar-refractivity contribution >= 4 is 15.6 Å². The highest BCUT2D eigenvalue weighted by atomic mass is 31.2. The molecule has 0 saturated carbocycles. The average molecular weight is 454 g/mol.